The second-order valence-electron chi connectivity index (χ2n) is 4.28. The lowest BCUT2D eigenvalue weighted by atomic mass is 10.1. The van der Waals surface area contributed by atoms with Crippen LogP contribution >= 0.6 is 11.5 Å². The first-order valence-corrected chi connectivity index (χ1v) is 7.17. The molecule has 4 heteroatoms. The lowest BCUT2D eigenvalue weighted by Crippen LogP contribution is -2.01. The van der Waals surface area contributed by atoms with Gasteiger partial charge in [0.2, 0.25) is 0 Å². The smallest absolute Gasteiger partial charge is 0.127 e. The van der Waals surface area contributed by atoms with Crippen LogP contribution in [0.4, 0.5) is 5.00 Å². The van der Waals surface area contributed by atoms with E-state index in [0.717, 1.165) is 17.2 Å². The molecule has 0 radical (unpaired) electrons. The zero-order chi connectivity index (χ0) is 12.5. The number of unbranched alkanes of at least 4 members (excludes halogenated alkanes) is 5. The van der Waals surface area contributed by atoms with Crippen LogP contribution in [0.1, 0.15) is 56.7 Å². The van der Waals surface area contributed by atoms with Crippen LogP contribution in [0, 0.1) is 18.3 Å². The molecule has 1 N–H and O–H groups in total. The first kappa shape index (κ1) is 14.0. The molecule has 0 bridgehead atoms. The van der Waals surface area contributed by atoms with E-state index in [1.807, 2.05) is 6.92 Å². The maximum Gasteiger partial charge on any atom is 0.127 e. The number of nitriles is 1. The molecule has 0 aliphatic heterocycles. The predicted octanol–water partition coefficient (Wildman–Crippen LogP) is 4.10. The molecule has 0 amide bonds. The third kappa shape index (κ3) is 4.74. The highest BCUT2D eigenvalue weighted by atomic mass is 32.1. The molecule has 1 rings (SSSR count). The predicted molar refractivity (Wildman–Crippen MR) is 73.4 cm³/mol. The fourth-order valence-electron chi connectivity index (χ4n) is 1.73. The van der Waals surface area contributed by atoms with E-state index in [4.69, 9.17) is 5.26 Å². The van der Waals surface area contributed by atoms with Gasteiger partial charge in [0.1, 0.15) is 16.6 Å². The molecule has 1 aromatic rings. The number of nitrogens with zero attached hydrogens (tertiary/aromatic N) is 2. The topological polar surface area (TPSA) is 48.7 Å². The second kappa shape index (κ2) is 8.08. The Morgan fingerprint density at radius 2 is 1.94 bits per heavy atom. The van der Waals surface area contributed by atoms with Gasteiger partial charge in [-0.1, -0.05) is 39.0 Å². The van der Waals surface area contributed by atoms with Crippen molar-refractivity contribution in [2.75, 3.05) is 11.9 Å². The molecule has 17 heavy (non-hydrogen) atoms. The van der Waals surface area contributed by atoms with Gasteiger partial charge in [-0.25, -0.2) is 0 Å². The van der Waals surface area contributed by atoms with Crippen molar-refractivity contribution in [2.24, 2.45) is 0 Å². The Bertz CT molecular complexity index is 365. The Hall–Kier alpha value is -1.08. The molecule has 0 unspecified atom stereocenters. The monoisotopic (exact) mass is 251 g/mol. The van der Waals surface area contributed by atoms with Crippen LogP contribution in [-0.4, -0.2) is 10.9 Å². The minimum atomic E-state index is 0.709. The normalized spacial score (nSPS) is 10.2. The molecular formula is C13H21N3S. The highest BCUT2D eigenvalue weighted by molar-refractivity contribution is 7.10. The van der Waals surface area contributed by atoms with Crippen LogP contribution in [0.15, 0.2) is 0 Å². The Morgan fingerprint density at radius 3 is 2.65 bits per heavy atom. The Morgan fingerprint density at radius 1 is 1.24 bits per heavy atom. The average Bonchev–Trinajstić information content (AvgIpc) is 2.69. The van der Waals surface area contributed by atoms with Gasteiger partial charge in [0.25, 0.3) is 0 Å². The molecule has 3 nitrogen and oxygen atoms in total. The van der Waals surface area contributed by atoms with Crippen LogP contribution < -0.4 is 5.32 Å². The van der Waals surface area contributed by atoms with Crippen molar-refractivity contribution in [2.45, 2.75) is 52.4 Å². The summed E-state index contributed by atoms with van der Waals surface area (Å²) in [7, 11) is 0. The van der Waals surface area contributed by atoms with Crippen LogP contribution in [-0.2, 0) is 0 Å². The van der Waals surface area contributed by atoms with Crippen molar-refractivity contribution in [1.29, 1.82) is 5.26 Å². The standard InChI is InChI=1S/C13H21N3S/c1-3-4-5-6-7-8-9-15-13-12(10-14)11(2)16-17-13/h15H,3-9H2,1-2H3. The van der Waals surface area contributed by atoms with E-state index in [-0.39, 0.29) is 0 Å². The molecule has 0 saturated heterocycles. The van der Waals surface area contributed by atoms with E-state index in [1.165, 1.54) is 50.1 Å². The first-order valence-electron chi connectivity index (χ1n) is 6.39. The van der Waals surface area contributed by atoms with Crippen molar-refractivity contribution in [3.63, 3.8) is 0 Å². The summed E-state index contributed by atoms with van der Waals surface area (Å²) in [5, 5.41) is 13.2. The zero-order valence-corrected chi connectivity index (χ0v) is 11.6. The molecule has 94 valence electrons. The van der Waals surface area contributed by atoms with Gasteiger partial charge in [0, 0.05) is 6.54 Å². The number of rotatable bonds is 8. The lowest BCUT2D eigenvalue weighted by Gasteiger charge is -2.03. The van der Waals surface area contributed by atoms with Gasteiger partial charge >= 0.3 is 0 Å². The zero-order valence-electron chi connectivity index (χ0n) is 10.8. The molecule has 0 spiro atoms. The number of hydrogen-bond donors (Lipinski definition) is 1. The molecule has 0 aliphatic carbocycles. The van der Waals surface area contributed by atoms with Gasteiger partial charge in [-0.3, -0.25) is 0 Å². The fourth-order valence-corrected chi connectivity index (χ4v) is 2.50. The van der Waals surface area contributed by atoms with Gasteiger partial charge in [-0.2, -0.15) is 9.64 Å². The third-order valence-corrected chi connectivity index (χ3v) is 3.69. The minimum absolute atomic E-state index is 0.709. The summed E-state index contributed by atoms with van der Waals surface area (Å²) in [5.41, 5.74) is 1.55. The van der Waals surface area contributed by atoms with Crippen LogP contribution in [0.5, 0.6) is 0 Å². The summed E-state index contributed by atoms with van der Waals surface area (Å²) in [6.45, 7) is 5.06. The van der Waals surface area contributed by atoms with Crippen molar-refractivity contribution in [1.82, 2.24) is 4.37 Å². The summed E-state index contributed by atoms with van der Waals surface area (Å²) < 4.78 is 4.18. The number of anilines is 1. The number of nitrogens with one attached hydrogen (secondary N) is 1. The van der Waals surface area contributed by atoms with Crippen molar-refractivity contribution >= 4 is 16.5 Å². The fraction of sp³-hybridized carbons (Fsp3) is 0.692. The molecule has 0 aromatic carbocycles. The van der Waals surface area contributed by atoms with Crippen molar-refractivity contribution in [3.05, 3.63) is 11.3 Å². The van der Waals surface area contributed by atoms with E-state index >= 15 is 0 Å². The Kier molecular flexibility index (Phi) is 6.64. The van der Waals surface area contributed by atoms with Crippen molar-refractivity contribution in [3.8, 4) is 6.07 Å². The van der Waals surface area contributed by atoms with E-state index in [2.05, 4.69) is 22.7 Å². The van der Waals surface area contributed by atoms with Gasteiger partial charge in [-0.05, 0) is 24.9 Å². The van der Waals surface area contributed by atoms with Crippen LogP contribution in [0.2, 0.25) is 0 Å². The molecule has 1 heterocycles. The van der Waals surface area contributed by atoms with E-state index in [1.54, 1.807) is 0 Å². The average molecular weight is 251 g/mol. The highest BCUT2D eigenvalue weighted by Crippen LogP contribution is 2.23. The summed E-state index contributed by atoms with van der Waals surface area (Å²) in [5.74, 6) is 0. The first-order chi connectivity index (χ1) is 8.29. The summed E-state index contributed by atoms with van der Waals surface area (Å²) >= 11 is 1.39. The van der Waals surface area contributed by atoms with Gasteiger partial charge < -0.3 is 5.32 Å². The molecule has 1 aromatic heterocycles. The maximum absolute atomic E-state index is 8.96. The summed E-state index contributed by atoms with van der Waals surface area (Å²) in [4.78, 5) is 0. The summed E-state index contributed by atoms with van der Waals surface area (Å²) in [6, 6.07) is 2.20. The number of aryl methyl sites for hydroxylation is 1. The lowest BCUT2D eigenvalue weighted by molar-refractivity contribution is 0.617. The van der Waals surface area contributed by atoms with E-state index in [0.29, 0.717) is 5.56 Å². The Labute approximate surface area is 108 Å². The number of hydrogen-bond acceptors (Lipinski definition) is 4. The maximum atomic E-state index is 8.96. The van der Waals surface area contributed by atoms with E-state index in [9.17, 15) is 0 Å². The largest absolute Gasteiger partial charge is 0.375 e. The molecule has 0 aliphatic rings. The number of aromatic nitrogens is 1. The van der Waals surface area contributed by atoms with Crippen LogP contribution in [0.3, 0.4) is 0 Å². The molecule has 0 fully saturated rings. The highest BCUT2D eigenvalue weighted by Gasteiger charge is 2.08. The molecular weight excluding hydrogens is 230 g/mol. The molecule has 0 atom stereocenters. The molecule has 0 saturated carbocycles. The third-order valence-electron chi connectivity index (χ3n) is 2.79. The van der Waals surface area contributed by atoms with Gasteiger partial charge in [0.05, 0.1) is 5.69 Å². The summed E-state index contributed by atoms with van der Waals surface area (Å²) in [6.07, 6.45) is 7.75. The van der Waals surface area contributed by atoms with Gasteiger partial charge in [0.15, 0.2) is 0 Å². The SMILES string of the molecule is CCCCCCCCNc1snc(C)c1C#N. The minimum Gasteiger partial charge on any atom is -0.375 e. The van der Waals surface area contributed by atoms with Crippen LogP contribution in [0.25, 0.3) is 0 Å². The quantitative estimate of drug-likeness (QED) is 0.708. The van der Waals surface area contributed by atoms with Crippen molar-refractivity contribution < 1.29 is 0 Å². The second-order valence-corrected chi connectivity index (χ2v) is 5.05. The Balaban J connectivity index is 2.16. The van der Waals surface area contributed by atoms with Gasteiger partial charge in [-0.15, -0.1) is 0 Å². The van der Waals surface area contributed by atoms with E-state index < -0.39 is 0 Å².